The van der Waals surface area contributed by atoms with E-state index in [4.69, 9.17) is 15.5 Å². The van der Waals surface area contributed by atoms with Crippen LogP contribution in [0.2, 0.25) is 0 Å². The van der Waals surface area contributed by atoms with Crippen LogP contribution in [-0.2, 0) is 6.61 Å². The van der Waals surface area contributed by atoms with E-state index in [0.717, 1.165) is 33.5 Å². The van der Waals surface area contributed by atoms with Gasteiger partial charge in [0.25, 0.3) is 0 Å². The number of nitrogens with two attached hydrogens (primary N) is 1. The fourth-order valence-electron chi connectivity index (χ4n) is 2.82. The Balaban J connectivity index is 1.78. The van der Waals surface area contributed by atoms with Crippen LogP contribution in [0, 0.1) is 0 Å². The number of pyridine rings is 1. The highest BCUT2D eigenvalue weighted by atomic mass is 16.5. The van der Waals surface area contributed by atoms with Crippen LogP contribution in [0.5, 0.6) is 5.75 Å². The third kappa shape index (κ3) is 3.31. The smallest absolute Gasteiger partial charge is 0.131 e. The van der Waals surface area contributed by atoms with Crippen molar-refractivity contribution in [1.29, 1.82) is 0 Å². The van der Waals surface area contributed by atoms with Crippen LogP contribution in [0.4, 0.5) is 5.69 Å². The van der Waals surface area contributed by atoms with E-state index in [2.05, 4.69) is 12.1 Å². The van der Waals surface area contributed by atoms with E-state index in [1.165, 1.54) is 0 Å². The van der Waals surface area contributed by atoms with Gasteiger partial charge in [0.05, 0.1) is 11.2 Å². The van der Waals surface area contributed by atoms with Gasteiger partial charge in [0.2, 0.25) is 0 Å². The Labute approximate surface area is 146 Å². The molecule has 25 heavy (non-hydrogen) atoms. The molecule has 0 amide bonds. The van der Waals surface area contributed by atoms with Crippen molar-refractivity contribution in [1.82, 2.24) is 4.98 Å². The molecular formula is C22H18N2O. The summed E-state index contributed by atoms with van der Waals surface area (Å²) in [5.41, 5.74) is 10.6. The molecule has 2 N–H and O–H groups in total. The molecule has 0 atom stereocenters. The summed E-state index contributed by atoms with van der Waals surface area (Å²) in [5.74, 6) is 0.792. The quantitative estimate of drug-likeness (QED) is 0.533. The van der Waals surface area contributed by atoms with Crippen molar-refractivity contribution in [3.63, 3.8) is 0 Å². The van der Waals surface area contributed by atoms with Crippen molar-refractivity contribution in [2.75, 3.05) is 5.73 Å². The molecule has 3 heteroatoms. The molecule has 0 radical (unpaired) electrons. The largest absolute Gasteiger partial charge is 0.488 e. The summed E-state index contributed by atoms with van der Waals surface area (Å²) in [7, 11) is 0. The number of aromatic nitrogens is 1. The SMILES string of the molecule is Nc1ccc2nc(-c3ccccc3)cc(OCc3ccccc3)c2c1. The van der Waals surface area contributed by atoms with Gasteiger partial charge in [-0.2, -0.15) is 0 Å². The van der Waals surface area contributed by atoms with Crippen LogP contribution in [0.15, 0.2) is 84.9 Å². The number of nitrogens with zero attached hydrogens (tertiary/aromatic N) is 1. The minimum atomic E-state index is 0.503. The summed E-state index contributed by atoms with van der Waals surface area (Å²) in [4.78, 5) is 4.77. The van der Waals surface area contributed by atoms with Crippen molar-refractivity contribution in [2.24, 2.45) is 0 Å². The monoisotopic (exact) mass is 326 g/mol. The van der Waals surface area contributed by atoms with Crippen molar-refractivity contribution < 1.29 is 4.74 Å². The van der Waals surface area contributed by atoms with E-state index in [-0.39, 0.29) is 0 Å². The summed E-state index contributed by atoms with van der Waals surface area (Å²) in [5, 5.41) is 0.926. The Kier molecular flexibility index (Phi) is 4.05. The molecule has 0 aliphatic carbocycles. The molecule has 0 unspecified atom stereocenters. The Bertz CT molecular complexity index is 998. The molecule has 122 valence electrons. The lowest BCUT2D eigenvalue weighted by Gasteiger charge is -2.12. The lowest BCUT2D eigenvalue weighted by atomic mass is 10.1. The van der Waals surface area contributed by atoms with Crippen molar-refractivity contribution in [3.05, 3.63) is 90.5 Å². The molecule has 1 aromatic heterocycles. The highest BCUT2D eigenvalue weighted by molar-refractivity contribution is 5.90. The third-order valence-electron chi connectivity index (χ3n) is 4.10. The molecule has 0 bridgehead atoms. The van der Waals surface area contributed by atoms with Crippen LogP contribution >= 0.6 is 0 Å². The van der Waals surface area contributed by atoms with Crippen LogP contribution in [0.3, 0.4) is 0 Å². The van der Waals surface area contributed by atoms with E-state index >= 15 is 0 Å². The highest BCUT2D eigenvalue weighted by Gasteiger charge is 2.09. The van der Waals surface area contributed by atoms with Crippen LogP contribution < -0.4 is 10.5 Å². The summed E-state index contributed by atoms with van der Waals surface area (Å²) >= 11 is 0. The van der Waals surface area contributed by atoms with Gasteiger partial charge in [-0.05, 0) is 23.8 Å². The van der Waals surface area contributed by atoms with E-state index in [9.17, 15) is 0 Å². The van der Waals surface area contributed by atoms with Gasteiger partial charge in [-0.25, -0.2) is 4.98 Å². The second-order valence-corrected chi connectivity index (χ2v) is 5.92. The molecule has 1 heterocycles. The zero-order chi connectivity index (χ0) is 17.1. The Morgan fingerprint density at radius 3 is 2.28 bits per heavy atom. The third-order valence-corrected chi connectivity index (χ3v) is 4.10. The normalized spacial score (nSPS) is 10.7. The second-order valence-electron chi connectivity index (χ2n) is 5.92. The summed E-state index contributed by atoms with van der Waals surface area (Å²) in [6, 6.07) is 27.9. The molecular weight excluding hydrogens is 308 g/mol. The Hall–Kier alpha value is -3.33. The molecule has 0 aliphatic heterocycles. The second kappa shape index (κ2) is 6.65. The van der Waals surface area contributed by atoms with E-state index in [1.54, 1.807) is 0 Å². The molecule has 3 nitrogen and oxygen atoms in total. The number of anilines is 1. The lowest BCUT2D eigenvalue weighted by Crippen LogP contribution is -1.98. The average Bonchev–Trinajstić information content (AvgIpc) is 2.67. The maximum atomic E-state index is 6.13. The molecule has 0 aliphatic rings. The first kappa shape index (κ1) is 15.2. The van der Waals surface area contributed by atoms with Gasteiger partial charge >= 0.3 is 0 Å². The fourth-order valence-corrected chi connectivity index (χ4v) is 2.82. The summed E-state index contributed by atoms with van der Waals surface area (Å²) in [6.45, 7) is 0.503. The number of benzene rings is 3. The van der Waals surface area contributed by atoms with Crippen LogP contribution in [0.1, 0.15) is 5.56 Å². The molecule has 4 rings (SSSR count). The maximum Gasteiger partial charge on any atom is 0.131 e. The average molecular weight is 326 g/mol. The zero-order valence-corrected chi connectivity index (χ0v) is 13.7. The molecule has 3 aromatic carbocycles. The van der Waals surface area contributed by atoms with E-state index < -0.39 is 0 Å². The number of rotatable bonds is 4. The molecule has 0 saturated heterocycles. The van der Waals surface area contributed by atoms with Crippen molar-refractivity contribution in [2.45, 2.75) is 6.61 Å². The number of fused-ring (bicyclic) bond motifs is 1. The van der Waals surface area contributed by atoms with Gasteiger partial charge in [-0.15, -0.1) is 0 Å². The maximum absolute atomic E-state index is 6.13. The summed E-state index contributed by atoms with van der Waals surface area (Å²) < 4.78 is 6.13. The van der Waals surface area contributed by atoms with Gasteiger partial charge in [-0.1, -0.05) is 60.7 Å². The number of hydrogen-bond donors (Lipinski definition) is 1. The molecule has 0 spiro atoms. The number of nitrogen functional groups attached to an aromatic ring is 1. The highest BCUT2D eigenvalue weighted by Crippen LogP contribution is 2.31. The first-order chi connectivity index (χ1) is 12.3. The zero-order valence-electron chi connectivity index (χ0n) is 13.7. The molecule has 0 saturated carbocycles. The molecule has 0 fully saturated rings. The predicted molar refractivity (Wildman–Crippen MR) is 102 cm³/mol. The van der Waals surface area contributed by atoms with Gasteiger partial charge < -0.3 is 10.5 Å². The predicted octanol–water partition coefficient (Wildman–Crippen LogP) is 5.06. The Morgan fingerprint density at radius 2 is 1.52 bits per heavy atom. The van der Waals surface area contributed by atoms with Gasteiger partial charge in [0, 0.05) is 22.7 Å². The van der Waals surface area contributed by atoms with Gasteiger partial charge in [-0.3, -0.25) is 0 Å². The summed E-state index contributed by atoms with van der Waals surface area (Å²) in [6.07, 6.45) is 0. The number of ether oxygens (including phenoxy) is 1. The first-order valence-corrected chi connectivity index (χ1v) is 8.22. The minimum absolute atomic E-state index is 0.503. The van der Waals surface area contributed by atoms with Crippen LogP contribution in [0.25, 0.3) is 22.2 Å². The van der Waals surface area contributed by atoms with Crippen molar-refractivity contribution >= 4 is 16.6 Å². The first-order valence-electron chi connectivity index (χ1n) is 8.22. The number of hydrogen-bond acceptors (Lipinski definition) is 3. The van der Waals surface area contributed by atoms with E-state index in [0.29, 0.717) is 12.3 Å². The Morgan fingerprint density at radius 1 is 0.800 bits per heavy atom. The topological polar surface area (TPSA) is 48.1 Å². The van der Waals surface area contributed by atoms with Gasteiger partial charge in [0.1, 0.15) is 12.4 Å². The lowest BCUT2D eigenvalue weighted by molar-refractivity contribution is 0.310. The van der Waals surface area contributed by atoms with E-state index in [1.807, 2.05) is 72.8 Å². The van der Waals surface area contributed by atoms with Crippen molar-refractivity contribution in [3.8, 4) is 17.0 Å². The van der Waals surface area contributed by atoms with Gasteiger partial charge in [0.15, 0.2) is 0 Å². The fraction of sp³-hybridized carbons (Fsp3) is 0.0455. The molecule has 4 aromatic rings. The minimum Gasteiger partial charge on any atom is -0.488 e. The van der Waals surface area contributed by atoms with Crippen LogP contribution in [-0.4, -0.2) is 4.98 Å². The standard InChI is InChI=1S/C22H18N2O/c23-18-11-12-20-19(13-18)22(25-15-16-7-3-1-4-8-16)14-21(24-20)17-9-5-2-6-10-17/h1-14H,15,23H2.